The average molecular weight is 965 g/mol. The number of carbonyl (C=O) groups excluding carboxylic acids is 1. The third kappa shape index (κ3) is 10.3. The zero-order valence-corrected chi connectivity index (χ0v) is 40.2. The van der Waals surface area contributed by atoms with Gasteiger partial charge in [-0.15, -0.1) is 0 Å². The second kappa shape index (κ2) is 18.8. The van der Waals surface area contributed by atoms with Crippen molar-refractivity contribution in [2.24, 2.45) is 5.41 Å². The maximum atomic E-state index is 15.6. The van der Waals surface area contributed by atoms with Crippen molar-refractivity contribution in [2.75, 3.05) is 42.9 Å². The zero-order chi connectivity index (χ0) is 47.3. The molecule has 16 heteroatoms. The highest BCUT2D eigenvalue weighted by atomic mass is 35.5. The lowest BCUT2D eigenvalue weighted by Crippen LogP contribution is -2.47. The molecule has 1 aromatic heterocycles. The van der Waals surface area contributed by atoms with Crippen LogP contribution in [0.5, 0.6) is 11.5 Å². The van der Waals surface area contributed by atoms with Crippen molar-refractivity contribution in [3.63, 3.8) is 0 Å². The number of nitrogens with zero attached hydrogens (tertiary/aromatic N) is 4. The molecule has 4 aromatic carbocycles. The number of benzene rings is 4. The molecule has 13 nitrogen and oxygen atoms in total. The van der Waals surface area contributed by atoms with E-state index in [1.165, 1.54) is 72.7 Å². The summed E-state index contributed by atoms with van der Waals surface area (Å²) >= 11 is 6.25. The number of allylic oxidation sites excluding steroid dienone is 1. The van der Waals surface area contributed by atoms with Gasteiger partial charge in [0.2, 0.25) is 0 Å². The number of ether oxygens (including phenoxy) is 1. The number of piperazine rings is 1. The molecular formula is C52H59ClFN7O6S. The van der Waals surface area contributed by atoms with E-state index in [1.54, 1.807) is 24.4 Å². The highest BCUT2D eigenvalue weighted by Gasteiger charge is 2.44. The summed E-state index contributed by atoms with van der Waals surface area (Å²) < 4.78 is 51.6. The standard InChI is InChI=1S/C52H59ClFN7O6S/c1-52(2)21-19-35(44(31-52)33-3-5-36(53)6-4-33)32-58-23-25-59(26-24-58)41-15-17-43(49(28-41)67-50-27-34-20-22-55-47(34)30-45(50)54)51(62)57-68(65,66)42-16-18-46(48(29-42)61(63)64)56-37-7-9-38(10-8-37)60(39-11-12-39)40-13-14-40/h3-6,15-18,20,22,27-30,37-40,55-56H,7-14,19,21,23-26,31-32H2,1-2H3,(H,57,62)/t37-,38-. The Labute approximate surface area is 402 Å². The molecule has 0 spiro atoms. The van der Waals surface area contributed by atoms with Gasteiger partial charge in [0.15, 0.2) is 11.6 Å². The summed E-state index contributed by atoms with van der Waals surface area (Å²) in [4.78, 5) is 35.7. The van der Waals surface area contributed by atoms with Gasteiger partial charge in [-0.1, -0.05) is 43.2 Å². The molecule has 68 heavy (non-hydrogen) atoms. The van der Waals surface area contributed by atoms with E-state index in [0.29, 0.717) is 47.1 Å². The van der Waals surface area contributed by atoms with Gasteiger partial charge in [0.25, 0.3) is 21.6 Å². The van der Waals surface area contributed by atoms with Crippen LogP contribution < -0.4 is 19.7 Å². The van der Waals surface area contributed by atoms with Crippen LogP contribution in [0, 0.1) is 21.3 Å². The van der Waals surface area contributed by atoms with Crippen molar-refractivity contribution >= 4 is 61.1 Å². The van der Waals surface area contributed by atoms with Crippen LogP contribution in [0.2, 0.25) is 5.02 Å². The number of rotatable bonds is 15. The van der Waals surface area contributed by atoms with Crippen LogP contribution in [0.15, 0.2) is 95.5 Å². The van der Waals surface area contributed by atoms with E-state index in [-0.39, 0.29) is 34.2 Å². The summed E-state index contributed by atoms with van der Waals surface area (Å²) in [6.07, 6.45) is 13.6. The Bertz CT molecular complexity index is 2850. The Morgan fingerprint density at radius 1 is 0.897 bits per heavy atom. The number of aromatic nitrogens is 1. The minimum Gasteiger partial charge on any atom is -0.453 e. The lowest BCUT2D eigenvalue weighted by Gasteiger charge is -2.39. The van der Waals surface area contributed by atoms with Crippen LogP contribution in [0.25, 0.3) is 16.5 Å². The van der Waals surface area contributed by atoms with Crippen molar-refractivity contribution in [3.05, 3.63) is 123 Å². The largest absolute Gasteiger partial charge is 0.453 e. The molecule has 4 aliphatic carbocycles. The number of carbonyl (C=O) groups is 1. The van der Waals surface area contributed by atoms with Gasteiger partial charge < -0.3 is 19.9 Å². The Hall–Kier alpha value is -5.48. The first-order valence-electron chi connectivity index (χ1n) is 24.1. The molecule has 1 saturated heterocycles. The quantitative estimate of drug-likeness (QED) is 0.0683. The lowest BCUT2D eigenvalue weighted by atomic mass is 9.72. The normalized spacial score (nSPS) is 21.3. The first-order chi connectivity index (χ1) is 32.7. The predicted molar refractivity (Wildman–Crippen MR) is 265 cm³/mol. The molecule has 3 saturated carbocycles. The summed E-state index contributed by atoms with van der Waals surface area (Å²) in [6.45, 7) is 8.39. The third-order valence-electron chi connectivity index (χ3n) is 14.7. The second-order valence-corrected chi connectivity index (χ2v) is 22.4. The summed E-state index contributed by atoms with van der Waals surface area (Å²) in [7, 11) is -4.63. The number of nitrogens with one attached hydrogen (secondary N) is 3. The molecule has 358 valence electrons. The number of hydrogen-bond acceptors (Lipinski definition) is 10. The molecule has 1 aliphatic heterocycles. The lowest BCUT2D eigenvalue weighted by molar-refractivity contribution is -0.384. The zero-order valence-electron chi connectivity index (χ0n) is 38.6. The van der Waals surface area contributed by atoms with Crippen LogP contribution >= 0.6 is 11.6 Å². The first kappa shape index (κ1) is 46.3. The van der Waals surface area contributed by atoms with E-state index < -0.39 is 37.3 Å². The monoisotopic (exact) mass is 963 g/mol. The molecule has 0 unspecified atom stereocenters. The summed E-state index contributed by atoms with van der Waals surface area (Å²) in [5.41, 5.74) is 5.21. The predicted octanol–water partition coefficient (Wildman–Crippen LogP) is 10.9. The second-order valence-electron chi connectivity index (χ2n) is 20.3. The number of nitro benzene ring substituents is 1. The summed E-state index contributed by atoms with van der Waals surface area (Å²) in [5.74, 6) is -1.91. The molecule has 1 amide bonds. The van der Waals surface area contributed by atoms with Crippen LogP contribution in [-0.4, -0.2) is 90.9 Å². The van der Waals surface area contributed by atoms with Gasteiger partial charge in [0.1, 0.15) is 11.4 Å². The number of halogens is 2. The van der Waals surface area contributed by atoms with E-state index in [0.717, 1.165) is 76.3 Å². The SMILES string of the molecule is CC1(C)CCC(CN2CCN(c3ccc(C(=O)NS(=O)(=O)c4ccc(N[C@H]5CC[C@H](N(C6CC6)C6CC6)CC5)c([N+](=O)[O-])c4)c(Oc4cc5cc[nH]c5cc4F)c3)CC2)=C(c2ccc(Cl)cc2)C1. The molecule has 5 aromatic rings. The number of fused-ring (bicyclic) bond motifs is 1. The number of sulfonamides is 1. The molecule has 0 radical (unpaired) electrons. The average Bonchev–Trinajstić information content (AvgIpc) is 4.27. The number of H-pyrrole nitrogens is 1. The van der Waals surface area contributed by atoms with Crippen molar-refractivity contribution in [1.82, 2.24) is 19.5 Å². The number of amides is 1. The smallest absolute Gasteiger partial charge is 0.293 e. The summed E-state index contributed by atoms with van der Waals surface area (Å²) in [6, 6.07) is 23.2. The Morgan fingerprint density at radius 2 is 1.59 bits per heavy atom. The molecule has 10 rings (SSSR count). The van der Waals surface area contributed by atoms with Crippen molar-refractivity contribution in [1.29, 1.82) is 0 Å². The Balaban J connectivity index is 0.851. The van der Waals surface area contributed by atoms with E-state index in [2.05, 4.69) is 55.7 Å². The highest BCUT2D eigenvalue weighted by molar-refractivity contribution is 7.90. The number of hydrogen-bond donors (Lipinski definition) is 3. The van der Waals surface area contributed by atoms with Gasteiger partial charge in [-0.25, -0.2) is 17.5 Å². The maximum absolute atomic E-state index is 15.6. The molecule has 0 atom stereocenters. The minimum atomic E-state index is -4.63. The van der Waals surface area contributed by atoms with Crippen LogP contribution in [0.4, 0.5) is 21.5 Å². The molecule has 5 aliphatic rings. The van der Waals surface area contributed by atoms with Gasteiger partial charge in [0, 0.05) is 103 Å². The van der Waals surface area contributed by atoms with E-state index in [1.807, 2.05) is 12.1 Å². The van der Waals surface area contributed by atoms with Gasteiger partial charge in [-0.2, -0.15) is 0 Å². The number of anilines is 2. The van der Waals surface area contributed by atoms with Crippen LogP contribution in [-0.2, 0) is 10.0 Å². The fourth-order valence-corrected chi connectivity index (χ4v) is 11.8. The first-order valence-corrected chi connectivity index (χ1v) is 25.9. The topological polar surface area (TPSA) is 153 Å². The number of aromatic amines is 1. The molecule has 4 fully saturated rings. The van der Waals surface area contributed by atoms with Crippen molar-refractivity contribution in [3.8, 4) is 11.5 Å². The van der Waals surface area contributed by atoms with Crippen LogP contribution in [0.3, 0.4) is 0 Å². The molecular weight excluding hydrogens is 905 g/mol. The molecule has 2 heterocycles. The van der Waals surface area contributed by atoms with Gasteiger partial charge in [-0.05, 0) is 136 Å². The molecule has 0 bridgehead atoms. The van der Waals surface area contributed by atoms with Crippen molar-refractivity contribution < 1.29 is 27.3 Å². The summed E-state index contributed by atoms with van der Waals surface area (Å²) in [5, 5.41) is 17.1. The third-order valence-corrected chi connectivity index (χ3v) is 16.3. The van der Waals surface area contributed by atoms with E-state index >= 15 is 4.39 Å². The van der Waals surface area contributed by atoms with Gasteiger partial charge in [-0.3, -0.25) is 24.7 Å². The van der Waals surface area contributed by atoms with Crippen molar-refractivity contribution in [2.45, 2.75) is 114 Å². The number of nitro groups is 1. The Kier molecular flexibility index (Phi) is 12.8. The minimum absolute atomic E-state index is 0.0152. The van der Waals surface area contributed by atoms with E-state index in [4.69, 9.17) is 16.3 Å². The van der Waals surface area contributed by atoms with Gasteiger partial charge in [0.05, 0.1) is 15.4 Å². The fraction of sp³-hybridized carbons (Fsp3) is 0.442. The Morgan fingerprint density at radius 3 is 2.26 bits per heavy atom. The molecule has 3 N–H and O–H groups in total. The maximum Gasteiger partial charge on any atom is 0.293 e. The van der Waals surface area contributed by atoms with Gasteiger partial charge >= 0.3 is 0 Å². The fourth-order valence-electron chi connectivity index (χ4n) is 10.7. The highest BCUT2D eigenvalue weighted by Crippen LogP contribution is 2.45. The van der Waals surface area contributed by atoms with Crippen LogP contribution in [0.1, 0.15) is 100 Å². The van der Waals surface area contributed by atoms with E-state index in [9.17, 15) is 23.3 Å².